The molecule has 0 aromatic rings. The standard InChI is InChI=1S/C18H30B2N6O8/c1-8(23-14(31)10(7-27)24-12(29)6-22-17(2,3)4)13(30)25-9(5-11(21)28)15(32)26-18(19,20)16(33)34/h8-10,22,27H,5-7H2,1-4H3,(H2,21,28)(H,23,31)(H,24,29)(H,25,30)(H,26,32)(H,33,34)/t8-,9-,10-/m0/s1. The molecule has 16 heteroatoms. The van der Waals surface area contributed by atoms with Crippen molar-refractivity contribution in [3.05, 3.63) is 0 Å². The van der Waals surface area contributed by atoms with Crippen LogP contribution in [0.15, 0.2) is 0 Å². The fourth-order valence-electron chi connectivity index (χ4n) is 2.22. The van der Waals surface area contributed by atoms with E-state index in [0.717, 1.165) is 0 Å². The summed E-state index contributed by atoms with van der Waals surface area (Å²) >= 11 is 0. The van der Waals surface area contributed by atoms with Crippen LogP contribution in [0, 0.1) is 0 Å². The minimum absolute atomic E-state index is 0.132. The Morgan fingerprint density at radius 3 is 1.91 bits per heavy atom. The van der Waals surface area contributed by atoms with E-state index in [1.807, 2.05) is 20.8 Å². The van der Waals surface area contributed by atoms with Crippen molar-refractivity contribution in [2.24, 2.45) is 5.73 Å². The number of primary amides is 1. The molecule has 0 saturated heterocycles. The molecule has 4 radical (unpaired) electrons. The number of rotatable bonds is 13. The normalized spacial score (nSPS) is 14.1. The summed E-state index contributed by atoms with van der Waals surface area (Å²) in [6, 6.07) is -4.35. The Labute approximate surface area is 199 Å². The van der Waals surface area contributed by atoms with E-state index >= 15 is 0 Å². The van der Waals surface area contributed by atoms with Gasteiger partial charge in [-0.3, -0.25) is 28.8 Å². The molecule has 3 atom stereocenters. The number of hydrogen-bond acceptors (Lipinski definition) is 8. The number of carboxylic acids is 1. The lowest BCUT2D eigenvalue weighted by atomic mass is 9.62. The SMILES string of the molecule is [B]C([B])(NC(=O)[C@H](CC(N)=O)NC(=O)[C@H](C)NC(=O)[C@H](CO)NC(=O)CNC(C)(C)C)C(=O)O. The van der Waals surface area contributed by atoms with Crippen molar-refractivity contribution in [1.29, 1.82) is 0 Å². The van der Waals surface area contributed by atoms with E-state index in [0.29, 0.717) is 0 Å². The minimum atomic E-state index is -2.69. The zero-order chi connectivity index (χ0) is 26.9. The van der Waals surface area contributed by atoms with Crippen LogP contribution in [0.5, 0.6) is 0 Å². The van der Waals surface area contributed by atoms with E-state index < -0.39 is 72.0 Å². The molecule has 0 aromatic heterocycles. The minimum Gasteiger partial charge on any atom is -0.481 e. The van der Waals surface area contributed by atoms with Crippen molar-refractivity contribution in [3.63, 3.8) is 0 Å². The molecule has 0 aliphatic heterocycles. The van der Waals surface area contributed by atoms with E-state index in [2.05, 4.69) is 21.3 Å². The second kappa shape index (κ2) is 12.9. The van der Waals surface area contributed by atoms with Gasteiger partial charge >= 0.3 is 5.97 Å². The number of aliphatic hydroxyl groups is 1. The number of carboxylic acid groups (broad SMARTS) is 1. The molecule has 5 amide bonds. The Morgan fingerprint density at radius 2 is 1.47 bits per heavy atom. The van der Waals surface area contributed by atoms with Crippen molar-refractivity contribution in [2.75, 3.05) is 13.2 Å². The number of nitrogens with one attached hydrogen (secondary N) is 5. The lowest BCUT2D eigenvalue weighted by molar-refractivity contribution is -0.141. The number of nitrogens with two attached hydrogens (primary N) is 1. The maximum atomic E-state index is 12.4. The van der Waals surface area contributed by atoms with Gasteiger partial charge in [-0.2, -0.15) is 0 Å². The van der Waals surface area contributed by atoms with Crippen LogP contribution >= 0.6 is 0 Å². The number of carbonyl (C=O) groups excluding carboxylic acids is 5. The topological polar surface area (TPSA) is 229 Å². The molecule has 0 aliphatic rings. The Bertz CT molecular complexity index is 802. The van der Waals surface area contributed by atoms with Gasteiger partial charge in [0.1, 0.15) is 33.8 Å². The van der Waals surface area contributed by atoms with Crippen LogP contribution in [0.2, 0.25) is 0 Å². The van der Waals surface area contributed by atoms with Crippen molar-refractivity contribution >= 4 is 51.2 Å². The van der Waals surface area contributed by atoms with E-state index in [-0.39, 0.29) is 12.1 Å². The number of aliphatic carboxylic acids is 1. The summed E-state index contributed by atoms with van der Waals surface area (Å²) in [6.07, 6.45) is -0.732. The fourth-order valence-corrected chi connectivity index (χ4v) is 2.22. The van der Waals surface area contributed by atoms with Gasteiger partial charge in [-0.05, 0) is 27.7 Å². The van der Waals surface area contributed by atoms with Crippen LogP contribution in [0.25, 0.3) is 0 Å². The van der Waals surface area contributed by atoms with Crippen LogP contribution in [0.4, 0.5) is 0 Å². The maximum Gasteiger partial charge on any atom is 0.310 e. The molecule has 0 spiro atoms. The first kappa shape index (κ1) is 30.9. The van der Waals surface area contributed by atoms with E-state index in [9.17, 15) is 33.9 Å². The second-order valence-electron chi connectivity index (χ2n) is 8.53. The van der Waals surface area contributed by atoms with Crippen LogP contribution in [0.3, 0.4) is 0 Å². The third kappa shape index (κ3) is 11.7. The summed E-state index contributed by atoms with van der Waals surface area (Å²) < 4.78 is 0. The summed E-state index contributed by atoms with van der Waals surface area (Å²) in [5.74, 6) is -6.48. The first-order valence-electron chi connectivity index (χ1n) is 10.1. The molecular weight excluding hydrogens is 450 g/mol. The highest BCUT2D eigenvalue weighted by molar-refractivity contribution is 6.51. The van der Waals surface area contributed by atoms with Gasteiger partial charge in [-0.1, -0.05) is 0 Å². The first-order valence-corrected chi connectivity index (χ1v) is 10.1. The van der Waals surface area contributed by atoms with E-state index in [1.54, 1.807) is 5.32 Å². The molecule has 0 heterocycles. The van der Waals surface area contributed by atoms with Crippen LogP contribution in [-0.2, 0) is 28.8 Å². The molecule has 0 rings (SSSR count). The summed E-state index contributed by atoms with van der Waals surface area (Å²) in [5.41, 5.74) is 4.68. The van der Waals surface area contributed by atoms with Gasteiger partial charge in [0.2, 0.25) is 29.5 Å². The zero-order valence-corrected chi connectivity index (χ0v) is 19.4. The second-order valence-corrected chi connectivity index (χ2v) is 8.53. The molecule has 0 fully saturated rings. The van der Waals surface area contributed by atoms with Gasteiger partial charge < -0.3 is 42.5 Å². The Kier molecular flexibility index (Phi) is 11.7. The smallest absolute Gasteiger partial charge is 0.310 e. The molecule has 0 aliphatic carbocycles. The van der Waals surface area contributed by atoms with Crippen LogP contribution in [0.1, 0.15) is 34.1 Å². The Morgan fingerprint density at radius 1 is 0.912 bits per heavy atom. The van der Waals surface area contributed by atoms with Gasteiger partial charge in [0.05, 0.1) is 24.9 Å². The lowest BCUT2D eigenvalue weighted by Crippen LogP contribution is -2.62. The highest BCUT2D eigenvalue weighted by Gasteiger charge is 2.33. The Balaban J connectivity index is 5.12. The zero-order valence-electron chi connectivity index (χ0n) is 19.4. The summed E-state index contributed by atoms with van der Waals surface area (Å²) in [6.45, 7) is 5.80. The molecule has 0 saturated carbocycles. The Hall–Kier alpha value is -3.13. The molecule has 0 aromatic carbocycles. The third-order valence-corrected chi connectivity index (χ3v) is 4.09. The van der Waals surface area contributed by atoms with Crippen LogP contribution in [-0.4, -0.2) is 104 Å². The molecule has 34 heavy (non-hydrogen) atoms. The van der Waals surface area contributed by atoms with Crippen molar-refractivity contribution in [3.8, 4) is 0 Å². The summed E-state index contributed by atoms with van der Waals surface area (Å²) in [5, 5.41) is 26.9. The molecule has 14 nitrogen and oxygen atoms in total. The third-order valence-electron chi connectivity index (χ3n) is 4.09. The highest BCUT2D eigenvalue weighted by Crippen LogP contribution is 2.00. The summed E-state index contributed by atoms with van der Waals surface area (Å²) in [7, 11) is 10.4. The lowest BCUT2D eigenvalue weighted by Gasteiger charge is -2.27. The number of amides is 5. The van der Waals surface area contributed by atoms with E-state index in [4.69, 9.17) is 26.5 Å². The molecule has 9 N–H and O–H groups in total. The predicted molar refractivity (Wildman–Crippen MR) is 120 cm³/mol. The number of aliphatic hydroxyl groups excluding tert-OH is 1. The summed E-state index contributed by atoms with van der Waals surface area (Å²) in [4.78, 5) is 71.2. The largest absolute Gasteiger partial charge is 0.481 e. The molecule has 0 unspecified atom stereocenters. The number of carbonyl (C=O) groups is 6. The van der Waals surface area contributed by atoms with Gasteiger partial charge in [-0.15, -0.1) is 0 Å². The van der Waals surface area contributed by atoms with Gasteiger partial charge in [-0.25, -0.2) is 0 Å². The monoisotopic (exact) mass is 480 g/mol. The predicted octanol–water partition coefficient (Wildman–Crippen LogP) is -5.09. The van der Waals surface area contributed by atoms with E-state index in [1.165, 1.54) is 6.92 Å². The first-order chi connectivity index (χ1) is 15.4. The van der Waals surface area contributed by atoms with Gasteiger partial charge in [0.15, 0.2) is 0 Å². The van der Waals surface area contributed by atoms with Crippen molar-refractivity contribution in [1.82, 2.24) is 26.6 Å². The average molecular weight is 480 g/mol. The van der Waals surface area contributed by atoms with Crippen molar-refractivity contribution < 1.29 is 39.0 Å². The van der Waals surface area contributed by atoms with Crippen LogP contribution < -0.4 is 32.3 Å². The quantitative estimate of drug-likeness (QED) is 0.118. The van der Waals surface area contributed by atoms with Gasteiger partial charge in [0.25, 0.3) is 0 Å². The molecule has 0 bridgehead atoms. The average Bonchev–Trinajstić information content (AvgIpc) is 2.68. The van der Waals surface area contributed by atoms with Gasteiger partial charge in [0, 0.05) is 5.54 Å². The van der Waals surface area contributed by atoms with Crippen molar-refractivity contribution in [2.45, 2.75) is 63.1 Å². The number of hydrogen-bond donors (Lipinski definition) is 8. The molecule has 186 valence electrons. The molecular formula is C18H30B2N6O8. The fraction of sp³-hybridized carbons (Fsp3) is 0.667. The maximum absolute atomic E-state index is 12.4. The highest BCUT2D eigenvalue weighted by atomic mass is 16.4.